The Hall–Kier alpha value is -7.75. The molecule has 9 aromatic rings. The van der Waals surface area contributed by atoms with Crippen molar-refractivity contribution < 1.29 is 59.3 Å². The number of alkyl halides is 1. The number of pyridine rings is 6. The quantitative estimate of drug-likeness (QED) is 0.0956. The molecule has 0 saturated carbocycles. The highest BCUT2D eigenvalue weighted by molar-refractivity contribution is 9.09. The van der Waals surface area contributed by atoms with Gasteiger partial charge in [-0.05, 0) is 73.7 Å². The third-order valence-corrected chi connectivity index (χ3v) is 13.9. The first kappa shape index (κ1) is 66.4. The molecule has 448 valence electrons. The first-order valence-electron chi connectivity index (χ1n) is 27.8. The van der Waals surface area contributed by atoms with Crippen LogP contribution in [0, 0.1) is 18.2 Å². The van der Waals surface area contributed by atoms with E-state index in [1.807, 2.05) is 117 Å². The van der Waals surface area contributed by atoms with Crippen molar-refractivity contribution in [3.8, 4) is 23.6 Å². The zero-order valence-electron chi connectivity index (χ0n) is 48.2. The number of Topliss-reactive ketones (excluding diaryl/α,β-unsaturated/α-hetero) is 3. The van der Waals surface area contributed by atoms with Gasteiger partial charge in [-0.1, -0.05) is 34.0 Å². The molecular formula is C63H73Br2FN12O7. The number of carbonyl (C=O) groups excluding carboxylic acids is 3. The topological polar surface area (TPSA) is 179 Å². The number of nitrogens with one attached hydrogen (secondary N) is 1. The normalized spacial score (nSPS) is 14.4. The molecule has 0 radical (unpaired) electrons. The Morgan fingerprint density at radius 1 is 0.600 bits per heavy atom. The molecule has 0 atom stereocenters. The second kappa shape index (κ2) is 36.2. The van der Waals surface area contributed by atoms with Gasteiger partial charge in [-0.2, -0.15) is 4.57 Å². The van der Waals surface area contributed by atoms with Crippen LogP contribution in [0.1, 0.15) is 37.0 Å². The molecule has 0 aliphatic carbocycles. The van der Waals surface area contributed by atoms with Crippen LogP contribution >= 0.6 is 15.9 Å². The lowest BCUT2D eigenvalue weighted by Crippen LogP contribution is -3.00. The van der Waals surface area contributed by atoms with E-state index in [0.717, 1.165) is 145 Å². The van der Waals surface area contributed by atoms with Gasteiger partial charge in [-0.25, -0.2) is 14.4 Å². The fraction of sp³-hybridized carbons (Fsp3) is 0.333. The average molecular weight is 1290 g/mol. The maximum Gasteiger partial charge on any atom is 0.206 e. The van der Waals surface area contributed by atoms with Gasteiger partial charge in [-0.15, -0.1) is 6.42 Å². The lowest BCUT2D eigenvalue weighted by molar-refractivity contribution is -0.684. The van der Waals surface area contributed by atoms with Crippen LogP contribution in [0.2, 0.25) is 0 Å². The van der Waals surface area contributed by atoms with Crippen molar-refractivity contribution in [1.29, 1.82) is 0 Å². The monoisotopic (exact) mass is 1290 g/mol. The molecule has 22 heteroatoms. The van der Waals surface area contributed by atoms with Crippen LogP contribution in [0.25, 0.3) is 28.1 Å². The van der Waals surface area contributed by atoms with Crippen molar-refractivity contribution >= 4 is 67.2 Å². The van der Waals surface area contributed by atoms with Crippen LogP contribution < -0.4 is 41.6 Å². The molecule has 13 heterocycles. The number of carbonyl (C=O) groups is 3. The third-order valence-electron chi connectivity index (χ3n) is 13.1. The Kier molecular flexibility index (Phi) is 28.3. The van der Waals surface area contributed by atoms with E-state index in [4.69, 9.17) is 25.4 Å². The smallest absolute Gasteiger partial charge is 0.206 e. The van der Waals surface area contributed by atoms with E-state index in [1.165, 1.54) is 42.8 Å². The molecule has 13 rings (SSSR count). The van der Waals surface area contributed by atoms with Gasteiger partial charge >= 0.3 is 0 Å². The van der Waals surface area contributed by atoms with E-state index < -0.39 is 0 Å². The largest absolute Gasteiger partial charge is 1.00 e. The summed E-state index contributed by atoms with van der Waals surface area (Å²) in [5.74, 6) is 2.73. The molecule has 0 aromatic carbocycles. The molecule has 0 unspecified atom stereocenters. The first-order valence-corrected chi connectivity index (χ1v) is 28.9. The zero-order chi connectivity index (χ0) is 59.3. The fourth-order valence-electron chi connectivity index (χ4n) is 8.98. The van der Waals surface area contributed by atoms with Crippen molar-refractivity contribution in [1.82, 2.24) is 38.5 Å². The standard InChI is InChI=1S/C21H20N4O2.C12H17N2O2.C9H12N2O.C9H6N2.C5H4FN.C4H9NO.C3H5BrO.BrH/c1-15(26)19-14-17(18-3-2-4-21-22-6-8-25(18)21)20-13-16(5-7-24(19)20)23-9-11-27-12-10-23;1-11(15)10-13-4-2-12(3-5-13)14-6-8-16-9-7-14;1-3-10-4-2-9(1)11-5-7-12-8-6-11;1-2-8-4-3-5-9-10-6-7-11(8)9;6-5-1-3-7-4-2-5;1-3-6-4-2-5-1;1-3(5)2-4;/h2-8,13-14H,9-12H2,1H3;2-5H,6-10H2,1H3;1-4H,5-8H2;1,3-7H;1-4H;5H,1-4H2;2H2,1H3;1H/q;+1;;;;;;/p-1. The van der Waals surface area contributed by atoms with Crippen molar-refractivity contribution in [3.05, 3.63) is 176 Å². The van der Waals surface area contributed by atoms with Gasteiger partial charge in [-0.3, -0.25) is 33.2 Å². The molecular weight excluding hydrogens is 1220 g/mol. The van der Waals surface area contributed by atoms with E-state index in [2.05, 4.69) is 84.4 Å². The number of morpholine rings is 4. The van der Waals surface area contributed by atoms with E-state index in [0.29, 0.717) is 17.6 Å². The summed E-state index contributed by atoms with van der Waals surface area (Å²) in [6.07, 6.45) is 25.0. The number of nitrogens with zero attached hydrogens (tertiary/aromatic N) is 11. The molecule has 0 spiro atoms. The van der Waals surface area contributed by atoms with Gasteiger partial charge in [0.05, 0.1) is 80.8 Å². The Balaban J connectivity index is 0.000000172. The summed E-state index contributed by atoms with van der Waals surface area (Å²) in [6, 6.07) is 28.7. The SMILES string of the molecule is C#Cc1cccc2nccn12.C1COCCN1.CC(=O)CBr.CC(=O)C[n+]1ccc(N2CCOCC2)cc1.CC(=O)c1cc(-c2cccc3nccn23)c2cc(N3CCOCC3)ccn12.Fc1ccncc1.[Br-].c1cc(N2CCOCC2)ccn1. The second-order valence-corrected chi connectivity index (χ2v) is 19.8. The minimum atomic E-state index is -0.241. The van der Waals surface area contributed by atoms with Crippen LogP contribution in [0.4, 0.5) is 21.5 Å². The summed E-state index contributed by atoms with van der Waals surface area (Å²) in [7, 11) is 0. The number of rotatable bonds is 8. The van der Waals surface area contributed by atoms with E-state index >= 15 is 0 Å². The van der Waals surface area contributed by atoms with Crippen molar-refractivity contribution in [2.75, 3.05) is 125 Å². The summed E-state index contributed by atoms with van der Waals surface area (Å²) >= 11 is 2.96. The van der Waals surface area contributed by atoms with Gasteiger partial charge in [0.25, 0.3) is 0 Å². The van der Waals surface area contributed by atoms with Crippen LogP contribution in [-0.2, 0) is 35.1 Å². The predicted molar refractivity (Wildman–Crippen MR) is 328 cm³/mol. The van der Waals surface area contributed by atoms with E-state index in [-0.39, 0.29) is 40.1 Å². The van der Waals surface area contributed by atoms with Gasteiger partial charge in [0.15, 0.2) is 24.0 Å². The number of ether oxygens (including phenoxy) is 4. The lowest BCUT2D eigenvalue weighted by Gasteiger charge is -2.29. The molecule has 0 amide bonds. The molecule has 4 fully saturated rings. The van der Waals surface area contributed by atoms with Crippen molar-refractivity contribution in [3.63, 3.8) is 0 Å². The number of fused-ring (bicyclic) bond motifs is 3. The highest BCUT2D eigenvalue weighted by Crippen LogP contribution is 2.32. The second-order valence-electron chi connectivity index (χ2n) is 19.2. The number of hydrogen-bond donors (Lipinski definition) is 1. The summed E-state index contributed by atoms with van der Waals surface area (Å²) in [6.45, 7) is 19.4. The summed E-state index contributed by atoms with van der Waals surface area (Å²) in [5.41, 5.74) is 9.96. The Bertz CT molecular complexity index is 3460. The number of ketones is 3. The molecule has 4 aliphatic rings. The van der Waals surface area contributed by atoms with Crippen LogP contribution in [0.5, 0.6) is 0 Å². The Morgan fingerprint density at radius 3 is 1.56 bits per heavy atom. The van der Waals surface area contributed by atoms with Crippen molar-refractivity contribution in [2.24, 2.45) is 0 Å². The van der Waals surface area contributed by atoms with Gasteiger partial charge in [0.2, 0.25) is 6.54 Å². The van der Waals surface area contributed by atoms with Crippen LogP contribution in [0.3, 0.4) is 0 Å². The summed E-state index contributed by atoms with van der Waals surface area (Å²) < 4.78 is 40.7. The molecule has 4 saturated heterocycles. The molecule has 4 aliphatic heterocycles. The molecule has 85 heavy (non-hydrogen) atoms. The van der Waals surface area contributed by atoms with Crippen LogP contribution in [0.15, 0.2) is 159 Å². The number of anilines is 3. The van der Waals surface area contributed by atoms with Gasteiger partial charge < -0.3 is 60.3 Å². The third kappa shape index (κ3) is 21.1. The highest BCUT2D eigenvalue weighted by atomic mass is 79.9. The molecule has 0 bridgehead atoms. The number of halogens is 3. The van der Waals surface area contributed by atoms with E-state index in [9.17, 15) is 18.8 Å². The molecule has 1 N–H and O–H groups in total. The average Bonchev–Trinajstić information content (AvgIpc) is 4.27. The van der Waals surface area contributed by atoms with Crippen LogP contribution in [-0.4, -0.2) is 161 Å². The Morgan fingerprint density at radius 2 is 1.09 bits per heavy atom. The molecule has 9 aromatic heterocycles. The maximum absolute atomic E-state index is 12.2. The van der Waals surface area contributed by atoms with E-state index in [1.54, 1.807) is 26.2 Å². The van der Waals surface area contributed by atoms with Gasteiger partial charge in [0, 0.05) is 157 Å². The fourth-order valence-corrected chi connectivity index (χ4v) is 8.98. The Labute approximate surface area is 514 Å². The predicted octanol–water partition coefficient (Wildman–Crippen LogP) is 4.73. The summed E-state index contributed by atoms with van der Waals surface area (Å²) in [4.78, 5) is 56.0. The number of aromatic nitrogens is 8. The number of imidazole rings is 2. The highest BCUT2D eigenvalue weighted by Gasteiger charge is 2.19. The lowest BCUT2D eigenvalue weighted by atomic mass is 10.1. The van der Waals surface area contributed by atoms with Crippen molar-refractivity contribution in [2.45, 2.75) is 27.3 Å². The summed E-state index contributed by atoms with van der Waals surface area (Å²) in [5, 5.41) is 3.64. The number of terminal acetylenes is 1. The minimum absolute atomic E-state index is 0. The molecule has 19 nitrogen and oxygen atoms in total. The minimum Gasteiger partial charge on any atom is -1.00 e. The first-order chi connectivity index (χ1) is 41.0. The number of hydrogen-bond acceptors (Lipinski definition) is 15. The zero-order valence-corrected chi connectivity index (χ0v) is 51.4. The van der Waals surface area contributed by atoms with Gasteiger partial charge in [0.1, 0.15) is 22.9 Å². The maximum atomic E-state index is 12.2.